The van der Waals surface area contributed by atoms with Crippen LogP contribution in [-0.4, -0.2) is 16.1 Å². The molecule has 1 N–H and O–H groups in total. The predicted octanol–water partition coefficient (Wildman–Crippen LogP) is 3.12. The SMILES string of the molecule is O=C1N/C(=N/c2ccccn2)S/C1=C\C=C\c1ccco1. The number of furan rings is 1. The van der Waals surface area contributed by atoms with Crippen molar-refractivity contribution < 1.29 is 9.21 Å². The number of aromatic nitrogens is 1. The first-order chi connectivity index (χ1) is 10.3. The number of carbonyl (C=O) groups excluding carboxylic acids is 1. The van der Waals surface area contributed by atoms with Crippen LogP contribution in [0.3, 0.4) is 0 Å². The molecule has 0 unspecified atom stereocenters. The molecule has 3 rings (SSSR count). The van der Waals surface area contributed by atoms with Gasteiger partial charge in [0.2, 0.25) is 0 Å². The maximum absolute atomic E-state index is 11.8. The number of amidine groups is 1. The van der Waals surface area contributed by atoms with E-state index >= 15 is 0 Å². The second-order valence-corrected chi connectivity index (χ2v) is 5.10. The maximum Gasteiger partial charge on any atom is 0.264 e. The van der Waals surface area contributed by atoms with Crippen molar-refractivity contribution in [1.82, 2.24) is 10.3 Å². The molecule has 2 aromatic rings. The van der Waals surface area contributed by atoms with Crippen LogP contribution >= 0.6 is 11.8 Å². The average Bonchev–Trinajstić information content (AvgIpc) is 3.11. The molecule has 0 saturated carbocycles. The minimum absolute atomic E-state index is 0.168. The fourth-order valence-corrected chi connectivity index (χ4v) is 2.42. The minimum Gasteiger partial charge on any atom is -0.465 e. The summed E-state index contributed by atoms with van der Waals surface area (Å²) < 4.78 is 5.17. The third kappa shape index (κ3) is 3.49. The Bertz CT molecular complexity index is 719. The van der Waals surface area contributed by atoms with Gasteiger partial charge in [0.25, 0.3) is 5.91 Å². The summed E-state index contributed by atoms with van der Waals surface area (Å²) in [4.78, 5) is 20.7. The molecular formula is C15H11N3O2S. The van der Waals surface area contributed by atoms with Gasteiger partial charge in [0.1, 0.15) is 5.76 Å². The Morgan fingerprint density at radius 1 is 1.29 bits per heavy atom. The van der Waals surface area contributed by atoms with E-state index in [2.05, 4.69) is 15.3 Å². The number of thioether (sulfide) groups is 1. The molecule has 3 heterocycles. The van der Waals surface area contributed by atoms with Gasteiger partial charge in [-0.05, 0) is 48.2 Å². The van der Waals surface area contributed by atoms with Crippen LogP contribution in [0.4, 0.5) is 5.82 Å². The predicted molar refractivity (Wildman–Crippen MR) is 82.9 cm³/mol. The van der Waals surface area contributed by atoms with E-state index in [-0.39, 0.29) is 5.91 Å². The summed E-state index contributed by atoms with van der Waals surface area (Å²) in [7, 11) is 0. The molecule has 2 aromatic heterocycles. The van der Waals surface area contributed by atoms with Crippen molar-refractivity contribution >= 4 is 34.7 Å². The summed E-state index contributed by atoms with van der Waals surface area (Å²) in [5.74, 6) is 1.13. The lowest BCUT2D eigenvalue weighted by molar-refractivity contribution is -0.115. The highest BCUT2D eigenvalue weighted by molar-refractivity contribution is 8.18. The highest BCUT2D eigenvalue weighted by Gasteiger charge is 2.23. The summed E-state index contributed by atoms with van der Waals surface area (Å²) in [6.07, 6.45) is 8.54. The van der Waals surface area contributed by atoms with Gasteiger partial charge in [-0.2, -0.15) is 0 Å². The lowest BCUT2D eigenvalue weighted by Crippen LogP contribution is -2.19. The Balaban J connectivity index is 1.71. The number of hydrogen-bond donors (Lipinski definition) is 1. The molecule has 0 radical (unpaired) electrons. The Morgan fingerprint density at radius 3 is 3.00 bits per heavy atom. The Labute approximate surface area is 125 Å². The van der Waals surface area contributed by atoms with Gasteiger partial charge in [0.05, 0.1) is 11.2 Å². The van der Waals surface area contributed by atoms with E-state index < -0.39 is 0 Å². The zero-order valence-corrected chi connectivity index (χ0v) is 11.7. The second-order valence-electron chi connectivity index (χ2n) is 4.07. The van der Waals surface area contributed by atoms with Crippen molar-refractivity contribution in [2.75, 3.05) is 0 Å². The first kappa shape index (κ1) is 13.4. The van der Waals surface area contributed by atoms with Crippen molar-refractivity contribution in [3.63, 3.8) is 0 Å². The van der Waals surface area contributed by atoms with Gasteiger partial charge in [-0.1, -0.05) is 12.1 Å². The third-order valence-corrected chi connectivity index (χ3v) is 3.50. The van der Waals surface area contributed by atoms with E-state index in [1.165, 1.54) is 11.8 Å². The van der Waals surface area contributed by atoms with Crippen molar-refractivity contribution in [2.45, 2.75) is 0 Å². The van der Waals surface area contributed by atoms with Gasteiger partial charge in [-0.25, -0.2) is 9.98 Å². The maximum atomic E-state index is 11.8. The smallest absolute Gasteiger partial charge is 0.264 e. The lowest BCUT2D eigenvalue weighted by Gasteiger charge is -1.93. The molecule has 21 heavy (non-hydrogen) atoms. The molecule has 6 heteroatoms. The molecule has 1 aliphatic heterocycles. The van der Waals surface area contributed by atoms with E-state index in [0.717, 1.165) is 5.76 Å². The van der Waals surface area contributed by atoms with Gasteiger partial charge >= 0.3 is 0 Å². The molecule has 0 bridgehead atoms. The van der Waals surface area contributed by atoms with Crippen molar-refractivity contribution in [1.29, 1.82) is 0 Å². The molecule has 1 fully saturated rings. The highest BCUT2D eigenvalue weighted by Crippen LogP contribution is 2.25. The van der Waals surface area contributed by atoms with Crippen LogP contribution in [0, 0.1) is 0 Å². The highest BCUT2D eigenvalue weighted by atomic mass is 32.2. The van der Waals surface area contributed by atoms with Crippen LogP contribution in [-0.2, 0) is 4.79 Å². The molecular weight excluding hydrogens is 286 g/mol. The molecule has 0 aliphatic carbocycles. The number of amides is 1. The molecule has 1 aliphatic rings. The summed E-state index contributed by atoms with van der Waals surface area (Å²) >= 11 is 1.28. The van der Waals surface area contributed by atoms with Gasteiger partial charge in [0, 0.05) is 6.20 Å². The summed E-state index contributed by atoms with van der Waals surface area (Å²) in [5, 5.41) is 3.23. The number of carbonyl (C=O) groups is 1. The molecule has 0 aromatic carbocycles. The molecule has 1 saturated heterocycles. The average molecular weight is 297 g/mol. The van der Waals surface area contributed by atoms with Crippen molar-refractivity contribution in [3.8, 4) is 0 Å². The monoisotopic (exact) mass is 297 g/mol. The van der Waals surface area contributed by atoms with E-state index in [0.29, 0.717) is 15.9 Å². The van der Waals surface area contributed by atoms with Crippen LogP contribution in [0.25, 0.3) is 6.08 Å². The number of hydrogen-bond acceptors (Lipinski definition) is 5. The summed E-state index contributed by atoms with van der Waals surface area (Å²) in [6, 6.07) is 9.08. The topological polar surface area (TPSA) is 67.5 Å². The van der Waals surface area contributed by atoms with E-state index in [9.17, 15) is 4.79 Å². The first-order valence-electron chi connectivity index (χ1n) is 6.22. The zero-order chi connectivity index (χ0) is 14.5. The number of allylic oxidation sites excluding steroid dienone is 2. The number of pyridine rings is 1. The third-order valence-electron chi connectivity index (χ3n) is 2.57. The van der Waals surface area contributed by atoms with Crippen LogP contribution in [0.5, 0.6) is 0 Å². The minimum atomic E-state index is -0.168. The normalized spacial score (nSPS) is 18.8. The van der Waals surface area contributed by atoms with E-state index in [1.54, 1.807) is 36.8 Å². The van der Waals surface area contributed by atoms with Crippen LogP contribution < -0.4 is 5.32 Å². The number of nitrogens with zero attached hydrogens (tertiary/aromatic N) is 2. The fraction of sp³-hybridized carbons (Fsp3) is 0. The van der Waals surface area contributed by atoms with Gasteiger partial charge in [0.15, 0.2) is 11.0 Å². The summed E-state index contributed by atoms with van der Waals surface area (Å²) in [6.45, 7) is 0. The number of aliphatic imine (C=N–C) groups is 1. The first-order valence-corrected chi connectivity index (χ1v) is 7.04. The van der Waals surface area contributed by atoms with Gasteiger partial charge in [-0.3, -0.25) is 4.79 Å². The van der Waals surface area contributed by atoms with Gasteiger partial charge < -0.3 is 9.73 Å². The van der Waals surface area contributed by atoms with Crippen LogP contribution in [0.15, 0.2) is 69.3 Å². The molecule has 0 atom stereocenters. The van der Waals surface area contributed by atoms with Crippen molar-refractivity contribution in [2.24, 2.45) is 4.99 Å². The largest absolute Gasteiger partial charge is 0.465 e. The molecule has 104 valence electrons. The Morgan fingerprint density at radius 2 is 2.24 bits per heavy atom. The number of rotatable bonds is 3. The van der Waals surface area contributed by atoms with Gasteiger partial charge in [-0.15, -0.1) is 0 Å². The van der Waals surface area contributed by atoms with E-state index in [1.807, 2.05) is 24.3 Å². The lowest BCUT2D eigenvalue weighted by atomic mass is 10.3. The van der Waals surface area contributed by atoms with Crippen molar-refractivity contribution in [3.05, 3.63) is 65.6 Å². The van der Waals surface area contributed by atoms with Crippen LogP contribution in [0.2, 0.25) is 0 Å². The standard InChI is InChI=1S/C15H11N3O2S/c19-14-12(7-3-5-11-6-4-10-20-11)21-15(18-14)17-13-8-1-2-9-16-13/h1-10H,(H,16,17,18,19)/b5-3+,12-7-. The zero-order valence-electron chi connectivity index (χ0n) is 10.9. The summed E-state index contributed by atoms with van der Waals surface area (Å²) in [5.41, 5.74) is 0. The fourth-order valence-electron chi connectivity index (χ4n) is 1.64. The molecule has 0 spiro atoms. The quantitative estimate of drug-likeness (QED) is 0.884. The Kier molecular flexibility index (Phi) is 3.97. The van der Waals surface area contributed by atoms with E-state index in [4.69, 9.17) is 4.42 Å². The second kappa shape index (κ2) is 6.23. The molecule has 1 amide bonds. The molecule has 5 nitrogen and oxygen atoms in total. The number of nitrogens with one attached hydrogen (secondary N) is 1. The Hall–Kier alpha value is -2.60. The van der Waals surface area contributed by atoms with Crippen LogP contribution in [0.1, 0.15) is 5.76 Å².